The van der Waals surface area contributed by atoms with Crippen LogP contribution in [0.25, 0.3) is 0 Å². The van der Waals surface area contributed by atoms with E-state index in [0.29, 0.717) is 41.3 Å². The molecular formula is C18H20N2O5S2. The van der Waals surface area contributed by atoms with Crippen LogP contribution in [0.3, 0.4) is 0 Å². The molecule has 2 heterocycles. The highest BCUT2D eigenvalue weighted by molar-refractivity contribution is 7.91. The third-order valence-electron chi connectivity index (χ3n) is 4.42. The van der Waals surface area contributed by atoms with Crippen molar-refractivity contribution in [2.75, 3.05) is 20.2 Å². The van der Waals surface area contributed by atoms with Gasteiger partial charge < -0.3 is 9.64 Å². The standard InChI is InChI=1S/C18H20N2O5S2/c1-25-18(22)14-6-4-13(5-7-14)17(21)20-10-8-15(9-11-20)19-27(23,24)16-3-2-12-26-16/h2-7,12,15,19H,8-11H2,1H3. The number of carbonyl (C=O) groups excluding carboxylic acids is 2. The lowest BCUT2D eigenvalue weighted by molar-refractivity contribution is 0.0599. The second-order valence-corrected chi connectivity index (χ2v) is 9.08. The Morgan fingerprint density at radius 3 is 2.30 bits per heavy atom. The average molecular weight is 409 g/mol. The first-order valence-electron chi connectivity index (χ1n) is 8.44. The fraction of sp³-hybridized carbons (Fsp3) is 0.333. The quantitative estimate of drug-likeness (QED) is 0.765. The van der Waals surface area contributed by atoms with Crippen LogP contribution in [-0.2, 0) is 14.8 Å². The topological polar surface area (TPSA) is 92.8 Å². The van der Waals surface area contributed by atoms with Gasteiger partial charge in [-0.2, -0.15) is 0 Å². The van der Waals surface area contributed by atoms with Crippen LogP contribution in [0, 0.1) is 0 Å². The second kappa shape index (κ2) is 8.20. The van der Waals surface area contributed by atoms with Crippen LogP contribution in [0.4, 0.5) is 0 Å². The maximum Gasteiger partial charge on any atom is 0.337 e. The Labute approximate surface area is 162 Å². The zero-order valence-electron chi connectivity index (χ0n) is 14.8. The van der Waals surface area contributed by atoms with E-state index < -0.39 is 16.0 Å². The number of sulfonamides is 1. The van der Waals surface area contributed by atoms with E-state index in [-0.39, 0.29) is 11.9 Å². The third kappa shape index (κ3) is 4.55. The summed E-state index contributed by atoms with van der Waals surface area (Å²) < 4.78 is 32.2. The lowest BCUT2D eigenvalue weighted by atomic mass is 10.0. The van der Waals surface area contributed by atoms with Crippen molar-refractivity contribution in [3.05, 3.63) is 52.9 Å². The van der Waals surface area contributed by atoms with Crippen LogP contribution in [-0.4, -0.2) is 51.4 Å². The van der Waals surface area contributed by atoms with Crippen molar-refractivity contribution < 1.29 is 22.7 Å². The van der Waals surface area contributed by atoms with E-state index in [1.807, 2.05) is 0 Å². The summed E-state index contributed by atoms with van der Waals surface area (Å²) in [6, 6.07) is 9.39. The number of hydrogen-bond acceptors (Lipinski definition) is 6. The van der Waals surface area contributed by atoms with Crippen molar-refractivity contribution in [3.63, 3.8) is 0 Å². The van der Waals surface area contributed by atoms with Crippen LogP contribution in [0.1, 0.15) is 33.6 Å². The number of esters is 1. The Balaban J connectivity index is 1.57. The van der Waals surface area contributed by atoms with E-state index in [1.54, 1.807) is 46.7 Å². The first kappa shape index (κ1) is 19.5. The first-order chi connectivity index (χ1) is 12.9. The molecule has 0 unspecified atom stereocenters. The van der Waals surface area contributed by atoms with E-state index in [9.17, 15) is 18.0 Å². The molecule has 1 N–H and O–H groups in total. The summed E-state index contributed by atoms with van der Waals surface area (Å²) in [5.41, 5.74) is 0.871. The van der Waals surface area contributed by atoms with Gasteiger partial charge in [0, 0.05) is 24.7 Å². The van der Waals surface area contributed by atoms with Gasteiger partial charge in [0.25, 0.3) is 5.91 Å². The maximum atomic E-state index is 12.6. The first-order valence-corrected chi connectivity index (χ1v) is 10.8. The van der Waals surface area contributed by atoms with E-state index in [2.05, 4.69) is 9.46 Å². The fourth-order valence-corrected chi connectivity index (χ4v) is 5.26. The normalized spacial score (nSPS) is 15.5. The number of methoxy groups -OCH3 is 1. The average Bonchev–Trinajstić information content (AvgIpc) is 3.23. The van der Waals surface area contributed by atoms with Gasteiger partial charge in [0.15, 0.2) is 0 Å². The number of carbonyl (C=O) groups is 2. The van der Waals surface area contributed by atoms with Crippen LogP contribution in [0.2, 0.25) is 0 Å². The Kier molecular flexibility index (Phi) is 5.93. The smallest absolute Gasteiger partial charge is 0.337 e. The summed E-state index contributed by atoms with van der Waals surface area (Å²) in [5.74, 6) is -0.584. The van der Waals surface area contributed by atoms with E-state index in [0.717, 1.165) is 0 Å². The molecule has 9 heteroatoms. The minimum atomic E-state index is -3.50. The molecule has 3 rings (SSSR count). The monoisotopic (exact) mass is 408 g/mol. The van der Waals surface area contributed by atoms with E-state index >= 15 is 0 Å². The van der Waals surface area contributed by atoms with Crippen molar-refractivity contribution >= 4 is 33.2 Å². The van der Waals surface area contributed by atoms with Gasteiger partial charge in [-0.3, -0.25) is 4.79 Å². The number of nitrogens with zero attached hydrogens (tertiary/aromatic N) is 1. The SMILES string of the molecule is COC(=O)c1ccc(C(=O)N2CCC(NS(=O)(=O)c3cccs3)CC2)cc1. The molecule has 0 saturated carbocycles. The maximum absolute atomic E-state index is 12.6. The van der Waals surface area contributed by atoms with Gasteiger partial charge in [-0.25, -0.2) is 17.9 Å². The fourth-order valence-electron chi connectivity index (χ4n) is 2.94. The molecule has 1 aromatic carbocycles. The Hall–Kier alpha value is -2.23. The Bertz CT molecular complexity index is 900. The predicted molar refractivity (Wildman–Crippen MR) is 101 cm³/mol. The van der Waals surface area contributed by atoms with Gasteiger partial charge >= 0.3 is 5.97 Å². The number of likely N-dealkylation sites (tertiary alicyclic amines) is 1. The number of piperidine rings is 1. The second-order valence-electron chi connectivity index (χ2n) is 6.19. The zero-order valence-corrected chi connectivity index (χ0v) is 16.4. The molecule has 0 radical (unpaired) electrons. The molecule has 144 valence electrons. The van der Waals surface area contributed by atoms with Gasteiger partial charge in [0.2, 0.25) is 10.0 Å². The number of amides is 1. The molecule has 1 fully saturated rings. The highest BCUT2D eigenvalue weighted by Crippen LogP contribution is 2.20. The van der Waals surface area contributed by atoms with E-state index in [1.165, 1.54) is 18.4 Å². The minimum absolute atomic E-state index is 0.133. The molecule has 0 spiro atoms. The summed E-state index contributed by atoms with van der Waals surface area (Å²) in [5, 5.41) is 1.72. The van der Waals surface area contributed by atoms with Crippen molar-refractivity contribution in [1.29, 1.82) is 0 Å². The minimum Gasteiger partial charge on any atom is -0.465 e. The summed E-state index contributed by atoms with van der Waals surface area (Å²) in [6.45, 7) is 0.935. The molecular weight excluding hydrogens is 388 g/mol. The van der Waals surface area contributed by atoms with Crippen LogP contribution >= 0.6 is 11.3 Å². The van der Waals surface area contributed by atoms with Gasteiger partial charge in [0.05, 0.1) is 12.7 Å². The number of ether oxygens (including phenoxy) is 1. The number of nitrogens with one attached hydrogen (secondary N) is 1. The Morgan fingerprint density at radius 2 is 1.74 bits per heavy atom. The van der Waals surface area contributed by atoms with Gasteiger partial charge in [-0.1, -0.05) is 6.07 Å². The van der Waals surface area contributed by atoms with Gasteiger partial charge in [-0.05, 0) is 48.6 Å². The molecule has 1 aromatic heterocycles. The highest BCUT2D eigenvalue weighted by atomic mass is 32.2. The molecule has 7 nitrogen and oxygen atoms in total. The lowest BCUT2D eigenvalue weighted by Crippen LogP contribution is -2.46. The Morgan fingerprint density at radius 1 is 1.11 bits per heavy atom. The van der Waals surface area contributed by atoms with Gasteiger partial charge in [0.1, 0.15) is 4.21 Å². The van der Waals surface area contributed by atoms with Crippen molar-refractivity contribution in [2.45, 2.75) is 23.1 Å². The summed E-state index contributed by atoms with van der Waals surface area (Å²) in [4.78, 5) is 25.8. The molecule has 2 aromatic rings. The lowest BCUT2D eigenvalue weighted by Gasteiger charge is -2.32. The number of benzene rings is 1. The highest BCUT2D eigenvalue weighted by Gasteiger charge is 2.27. The molecule has 0 atom stereocenters. The number of hydrogen-bond donors (Lipinski definition) is 1. The zero-order chi connectivity index (χ0) is 19.4. The van der Waals surface area contributed by atoms with Crippen molar-refractivity contribution in [3.8, 4) is 0 Å². The molecule has 1 aliphatic rings. The van der Waals surface area contributed by atoms with Crippen molar-refractivity contribution in [2.24, 2.45) is 0 Å². The predicted octanol–water partition coefficient (Wildman–Crippen LogP) is 2.12. The molecule has 1 amide bonds. The van der Waals surface area contributed by atoms with Crippen LogP contribution in [0.15, 0.2) is 46.0 Å². The number of thiophene rings is 1. The third-order valence-corrected chi connectivity index (χ3v) is 7.33. The summed E-state index contributed by atoms with van der Waals surface area (Å²) in [6.07, 6.45) is 1.10. The van der Waals surface area contributed by atoms with E-state index in [4.69, 9.17) is 0 Å². The van der Waals surface area contributed by atoms with Crippen molar-refractivity contribution in [1.82, 2.24) is 9.62 Å². The largest absolute Gasteiger partial charge is 0.465 e. The molecule has 0 bridgehead atoms. The van der Waals surface area contributed by atoms with Crippen LogP contribution in [0.5, 0.6) is 0 Å². The van der Waals surface area contributed by atoms with Crippen LogP contribution < -0.4 is 4.72 Å². The summed E-state index contributed by atoms with van der Waals surface area (Å²) >= 11 is 1.18. The number of rotatable bonds is 5. The van der Waals surface area contributed by atoms with Gasteiger partial charge in [-0.15, -0.1) is 11.3 Å². The summed E-state index contributed by atoms with van der Waals surface area (Å²) in [7, 11) is -2.20. The molecule has 27 heavy (non-hydrogen) atoms. The molecule has 1 aliphatic heterocycles. The molecule has 0 aliphatic carbocycles. The molecule has 1 saturated heterocycles.